The average molecular weight is 113 g/mol. The van der Waals surface area contributed by atoms with Crippen LogP contribution in [0.2, 0.25) is 0 Å². The predicted molar refractivity (Wildman–Crippen MR) is 30.7 cm³/mol. The molecule has 0 aliphatic heterocycles. The Morgan fingerprint density at radius 3 is 2.75 bits per heavy atom. The molecular formula is C6H8FN. The van der Waals surface area contributed by atoms with Crippen LogP contribution >= 0.6 is 0 Å². The molecule has 0 spiro atoms. The van der Waals surface area contributed by atoms with Crippen molar-refractivity contribution in [1.82, 2.24) is 0 Å². The summed E-state index contributed by atoms with van der Waals surface area (Å²) in [5.41, 5.74) is 5.82. The normalized spacial score (nSPS) is 19.6. The van der Waals surface area contributed by atoms with Crippen LogP contribution in [0.4, 0.5) is 4.39 Å². The Bertz CT molecular complexity index is 147. The Morgan fingerprint density at radius 2 is 2.38 bits per heavy atom. The van der Waals surface area contributed by atoms with Crippen molar-refractivity contribution < 1.29 is 4.39 Å². The first-order valence-corrected chi connectivity index (χ1v) is 2.61. The fourth-order valence-corrected chi connectivity index (χ4v) is 0.689. The van der Waals surface area contributed by atoms with E-state index in [4.69, 9.17) is 5.73 Å². The maximum absolute atomic E-state index is 12.2. The second-order valence-electron chi connectivity index (χ2n) is 1.83. The predicted octanol–water partition coefficient (Wildman–Crippen LogP) is 1.48. The van der Waals surface area contributed by atoms with Crippen molar-refractivity contribution in [3.63, 3.8) is 0 Å². The molecular weight excluding hydrogens is 105 g/mol. The Balaban J connectivity index is 2.69. The number of rotatable bonds is 0. The monoisotopic (exact) mass is 113 g/mol. The Kier molecular flexibility index (Phi) is 1.33. The minimum absolute atomic E-state index is 0.106. The SMILES string of the molecule is NC1=CCCC(F)=C1. The highest BCUT2D eigenvalue weighted by molar-refractivity contribution is 5.21. The summed E-state index contributed by atoms with van der Waals surface area (Å²) in [5.74, 6) is -0.106. The molecule has 0 saturated heterocycles. The fourth-order valence-electron chi connectivity index (χ4n) is 0.689. The van der Waals surface area contributed by atoms with Gasteiger partial charge in [0.2, 0.25) is 0 Å². The first-order chi connectivity index (χ1) is 3.79. The van der Waals surface area contributed by atoms with Gasteiger partial charge >= 0.3 is 0 Å². The van der Waals surface area contributed by atoms with Crippen LogP contribution in [0.1, 0.15) is 12.8 Å². The van der Waals surface area contributed by atoms with E-state index in [2.05, 4.69) is 0 Å². The van der Waals surface area contributed by atoms with Crippen LogP contribution in [-0.2, 0) is 0 Å². The van der Waals surface area contributed by atoms with Gasteiger partial charge in [-0.2, -0.15) is 0 Å². The molecule has 1 rings (SSSR count). The Hall–Kier alpha value is -0.790. The van der Waals surface area contributed by atoms with E-state index in [0.717, 1.165) is 6.42 Å². The topological polar surface area (TPSA) is 26.0 Å². The van der Waals surface area contributed by atoms with E-state index < -0.39 is 0 Å². The molecule has 2 N–H and O–H groups in total. The van der Waals surface area contributed by atoms with Crippen molar-refractivity contribution in [3.05, 3.63) is 23.7 Å². The van der Waals surface area contributed by atoms with Crippen molar-refractivity contribution in [3.8, 4) is 0 Å². The van der Waals surface area contributed by atoms with Gasteiger partial charge in [-0.05, 0) is 12.5 Å². The van der Waals surface area contributed by atoms with Gasteiger partial charge in [-0.3, -0.25) is 0 Å². The van der Waals surface area contributed by atoms with Gasteiger partial charge in [0, 0.05) is 12.1 Å². The molecule has 0 radical (unpaired) electrons. The zero-order valence-electron chi connectivity index (χ0n) is 4.52. The summed E-state index contributed by atoms with van der Waals surface area (Å²) in [6, 6.07) is 0. The zero-order valence-corrected chi connectivity index (χ0v) is 4.52. The third-order valence-corrected chi connectivity index (χ3v) is 1.09. The molecule has 0 heterocycles. The van der Waals surface area contributed by atoms with Crippen molar-refractivity contribution >= 4 is 0 Å². The van der Waals surface area contributed by atoms with Gasteiger partial charge in [0.05, 0.1) is 0 Å². The van der Waals surface area contributed by atoms with E-state index in [0.29, 0.717) is 12.1 Å². The van der Waals surface area contributed by atoms with E-state index in [1.54, 1.807) is 0 Å². The minimum Gasteiger partial charge on any atom is -0.399 e. The van der Waals surface area contributed by atoms with Crippen LogP contribution in [0.25, 0.3) is 0 Å². The summed E-state index contributed by atoms with van der Waals surface area (Å²) in [7, 11) is 0. The zero-order chi connectivity index (χ0) is 5.98. The highest BCUT2D eigenvalue weighted by atomic mass is 19.1. The molecule has 8 heavy (non-hydrogen) atoms. The van der Waals surface area contributed by atoms with Crippen LogP contribution in [0.3, 0.4) is 0 Å². The third kappa shape index (κ3) is 1.09. The summed E-state index contributed by atoms with van der Waals surface area (Å²) >= 11 is 0. The number of halogens is 1. The molecule has 0 fully saturated rings. The molecule has 0 bridgehead atoms. The van der Waals surface area contributed by atoms with E-state index in [-0.39, 0.29) is 5.83 Å². The minimum atomic E-state index is -0.106. The largest absolute Gasteiger partial charge is 0.399 e. The molecule has 0 aromatic rings. The molecule has 0 saturated carbocycles. The molecule has 0 aromatic carbocycles. The van der Waals surface area contributed by atoms with Crippen LogP contribution in [0.15, 0.2) is 23.7 Å². The third-order valence-electron chi connectivity index (χ3n) is 1.09. The van der Waals surface area contributed by atoms with E-state index in [1.165, 1.54) is 6.08 Å². The molecule has 2 heteroatoms. The second-order valence-corrected chi connectivity index (χ2v) is 1.83. The molecule has 0 atom stereocenters. The lowest BCUT2D eigenvalue weighted by atomic mass is 10.1. The maximum atomic E-state index is 12.2. The van der Waals surface area contributed by atoms with Crippen molar-refractivity contribution in [1.29, 1.82) is 0 Å². The lowest BCUT2D eigenvalue weighted by molar-refractivity contribution is 0.584. The van der Waals surface area contributed by atoms with Gasteiger partial charge < -0.3 is 5.73 Å². The molecule has 44 valence electrons. The highest BCUT2D eigenvalue weighted by Gasteiger charge is 1.99. The number of nitrogens with two attached hydrogens (primary N) is 1. The summed E-state index contributed by atoms with van der Waals surface area (Å²) in [5, 5.41) is 0. The number of hydrogen-bond acceptors (Lipinski definition) is 1. The van der Waals surface area contributed by atoms with E-state index in [1.807, 2.05) is 6.08 Å². The van der Waals surface area contributed by atoms with Gasteiger partial charge in [-0.1, -0.05) is 6.08 Å². The summed E-state index contributed by atoms with van der Waals surface area (Å²) in [6.45, 7) is 0. The molecule has 1 aliphatic rings. The smallest absolute Gasteiger partial charge is 0.102 e. The Morgan fingerprint density at radius 1 is 1.62 bits per heavy atom. The summed E-state index contributed by atoms with van der Waals surface area (Å²) < 4.78 is 12.2. The molecule has 0 unspecified atom stereocenters. The van der Waals surface area contributed by atoms with Crippen molar-refractivity contribution in [2.75, 3.05) is 0 Å². The fraction of sp³-hybridized carbons (Fsp3) is 0.333. The van der Waals surface area contributed by atoms with Crippen molar-refractivity contribution in [2.24, 2.45) is 5.73 Å². The first kappa shape index (κ1) is 5.35. The lowest BCUT2D eigenvalue weighted by Gasteiger charge is -2.01. The second kappa shape index (κ2) is 1.99. The molecule has 0 amide bonds. The lowest BCUT2D eigenvalue weighted by Crippen LogP contribution is -1.97. The van der Waals surface area contributed by atoms with Gasteiger partial charge in [-0.15, -0.1) is 0 Å². The Labute approximate surface area is 47.7 Å². The quantitative estimate of drug-likeness (QED) is 0.506. The standard InChI is InChI=1S/C6H8FN/c7-5-2-1-3-6(8)4-5/h3-4H,1-2,8H2. The van der Waals surface area contributed by atoms with Gasteiger partial charge in [0.15, 0.2) is 0 Å². The van der Waals surface area contributed by atoms with Crippen LogP contribution in [0.5, 0.6) is 0 Å². The van der Waals surface area contributed by atoms with Gasteiger partial charge in [0.25, 0.3) is 0 Å². The molecule has 1 aliphatic carbocycles. The molecule has 0 aromatic heterocycles. The van der Waals surface area contributed by atoms with Crippen molar-refractivity contribution in [2.45, 2.75) is 12.8 Å². The van der Waals surface area contributed by atoms with E-state index >= 15 is 0 Å². The summed E-state index contributed by atoms with van der Waals surface area (Å²) in [4.78, 5) is 0. The first-order valence-electron chi connectivity index (χ1n) is 2.61. The maximum Gasteiger partial charge on any atom is 0.102 e. The average Bonchev–Trinajstić information content (AvgIpc) is 1.64. The summed E-state index contributed by atoms with van der Waals surface area (Å²) in [6.07, 6.45) is 4.45. The molecule has 1 nitrogen and oxygen atoms in total. The number of allylic oxidation sites excluding steroid dienone is 3. The van der Waals surface area contributed by atoms with E-state index in [9.17, 15) is 4.39 Å². The highest BCUT2D eigenvalue weighted by Crippen LogP contribution is 2.14. The van der Waals surface area contributed by atoms with Gasteiger partial charge in [0.1, 0.15) is 5.83 Å². The van der Waals surface area contributed by atoms with Crippen LogP contribution < -0.4 is 5.73 Å². The van der Waals surface area contributed by atoms with Crippen LogP contribution in [0, 0.1) is 0 Å². The number of hydrogen-bond donors (Lipinski definition) is 1. The van der Waals surface area contributed by atoms with Gasteiger partial charge in [-0.25, -0.2) is 4.39 Å². The van der Waals surface area contributed by atoms with Crippen LogP contribution in [-0.4, -0.2) is 0 Å².